The molecule has 0 fully saturated rings. The lowest BCUT2D eigenvalue weighted by Crippen LogP contribution is -2.14. The monoisotopic (exact) mass is 378 g/mol. The van der Waals surface area contributed by atoms with Crippen molar-refractivity contribution in [3.05, 3.63) is 71.5 Å². The van der Waals surface area contributed by atoms with Gasteiger partial charge in [0, 0.05) is 10.7 Å². The fourth-order valence-electron chi connectivity index (χ4n) is 1.94. The van der Waals surface area contributed by atoms with E-state index in [1.165, 1.54) is 42.5 Å². The van der Waals surface area contributed by atoms with Crippen molar-refractivity contribution in [2.45, 2.75) is 4.90 Å². The van der Waals surface area contributed by atoms with Crippen molar-refractivity contribution >= 4 is 38.9 Å². The van der Waals surface area contributed by atoms with Crippen LogP contribution in [0.4, 0.5) is 21.7 Å². The standard InChI is InChI=1S/C16H12ClFN4O2S/c17-11-1-7-14(8-2-11)25(23,24)22-16-10-9-15(20-21-16)19-13-5-3-12(18)4-6-13/h1-10H,(H,19,20)(H,21,22). The summed E-state index contributed by atoms with van der Waals surface area (Å²) in [7, 11) is -3.78. The third-order valence-electron chi connectivity index (χ3n) is 3.14. The van der Waals surface area contributed by atoms with E-state index in [4.69, 9.17) is 11.6 Å². The fourth-order valence-corrected chi connectivity index (χ4v) is 3.07. The number of anilines is 3. The van der Waals surface area contributed by atoms with E-state index in [2.05, 4.69) is 20.2 Å². The first-order valence-corrected chi connectivity index (χ1v) is 8.93. The van der Waals surface area contributed by atoms with Crippen molar-refractivity contribution < 1.29 is 12.8 Å². The summed E-state index contributed by atoms with van der Waals surface area (Å²) in [6, 6.07) is 14.5. The minimum Gasteiger partial charge on any atom is -0.339 e. The Hall–Kier alpha value is -2.71. The van der Waals surface area contributed by atoms with Crippen molar-refractivity contribution in [1.29, 1.82) is 0 Å². The fraction of sp³-hybridized carbons (Fsp3) is 0. The van der Waals surface area contributed by atoms with Crippen LogP contribution in [0, 0.1) is 5.82 Å². The van der Waals surface area contributed by atoms with Crippen LogP contribution in [0.2, 0.25) is 5.02 Å². The number of hydrogen-bond acceptors (Lipinski definition) is 5. The smallest absolute Gasteiger partial charge is 0.263 e. The number of nitrogens with one attached hydrogen (secondary N) is 2. The molecule has 128 valence electrons. The third-order valence-corrected chi connectivity index (χ3v) is 4.77. The number of halogens is 2. The van der Waals surface area contributed by atoms with Crippen molar-refractivity contribution in [1.82, 2.24) is 10.2 Å². The van der Waals surface area contributed by atoms with E-state index >= 15 is 0 Å². The van der Waals surface area contributed by atoms with Gasteiger partial charge in [-0.2, -0.15) is 0 Å². The molecule has 0 unspecified atom stereocenters. The zero-order valence-electron chi connectivity index (χ0n) is 12.6. The number of sulfonamides is 1. The second-order valence-corrected chi connectivity index (χ2v) is 7.11. The molecular formula is C16H12ClFN4O2S. The first-order chi connectivity index (χ1) is 11.9. The van der Waals surface area contributed by atoms with Gasteiger partial charge in [0.1, 0.15) is 5.82 Å². The predicted molar refractivity (Wildman–Crippen MR) is 94.0 cm³/mol. The van der Waals surface area contributed by atoms with Crippen LogP contribution in [0.5, 0.6) is 0 Å². The third kappa shape index (κ3) is 4.43. The zero-order valence-corrected chi connectivity index (χ0v) is 14.2. The topological polar surface area (TPSA) is 84.0 Å². The highest BCUT2D eigenvalue weighted by Crippen LogP contribution is 2.18. The van der Waals surface area contributed by atoms with Crippen molar-refractivity contribution in [3.63, 3.8) is 0 Å². The highest BCUT2D eigenvalue weighted by molar-refractivity contribution is 7.92. The molecular weight excluding hydrogens is 367 g/mol. The van der Waals surface area contributed by atoms with Crippen LogP contribution in [-0.2, 0) is 10.0 Å². The Labute approximate surface area is 148 Å². The summed E-state index contributed by atoms with van der Waals surface area (Å²) in [5.74, 6) is 0.115. The minimum absolute atomic E-state index is 0.0622. The lowest BCUT2D eigenvalue weighted by atomic mass is 10.3. The molecule has 0 radical (unpaired) electrons. The van der Waals surface area contributed by atoms with E-state index < -0.39 is 10.0 Å². The van der Waals surface area contributed by atoms with Gasteiger partial charge in [-0.3, -0.25) is 4.72 Å². The van der Waals surface area contributed by atoms with Crippen LogP contribution in [0.25, 0.3) is 0 Å². The van der Waals surface area contributed by atoms with Crippen molar-refractivity contribution in [2.24, 2.45) is 0 Å². The molecule has 0 atom stereocenters. The van der Waals surface area contributed by atoms with Crippen LogP contribution in [0.15, 0.2) is 65.6 Å². The van der Waals surface area contributed by atoms with Gasteiger partial charge in [0.15, 0.2) is 11.6 Å². The molecule has 1 heterocycles. The van der Waals surface area contributed by atoms with Gasteiger partial charge in [-0.15, -0.1) is 10.2 Å². The molecule has 0 saturated heterocycles. The van der Waals surface area contributed by atoms with Crippen LogP contribution < -0.4 is 10.0 Å². The lowest BCUT2D eigenvalue weighted by Gasteiger charge is -2.08. The molecule has 6 nitrogen and oxygen atoms in total. The average molecular weight is 379 g/mol. The summed E-state index contributed by atoms with van der Waals surface area (Å²) in [5, 5.41) is 11.1. The van der Waals surface area contributed by atoms with Crippen LogP contribution in [0.3, 0.4) is 0 Å². The molecule has 2 aromatic carbocycles. The second kappa shape index (κ2) is 7.04. The second-order valence-electron chi connectivity index (χ2n) is 5.00. The van der Waals surface area contributed by atoms with Gasteiger partial charge in [0.2, 0.25) is 0 Å². The molecule has 3 aromatic rings. The summed E-state index contributed by atoms with van der Waals surface area (Å²) >= 11 is 5.75. The Kier molecular flexibility index (Phi) is 4.82. The Morgan fingerprint density at radius 3 is 2.04 bits per heavy atom. The van der Waals surface area contributed by atoms with Crippen LogP contribution in [0.1, 0.15) is 0 Å². The first kappa shape index (κ1) is 17.1. The number of rotatable bonds is 5. The van der Waals surface area contributed by atoms with Crippen molar-refractivity contribution in [2.75, 3.05) is 10.0 Å². The van der Waals surface area contributed by atoms with E-state index in [-0.39, 0.29) is 16.5 Å². The largest absolute Gasteiger partial charge is 0.339 e. The molecule has 2 N–H and O–H groups in total. The molecule has 0 aliphatic heterocycles. The Morgan fingerprint density at radius 1 is 0.840 bits per heavy atom. The van der Waals surface area contributed by atoms with Crippen molar-refractivity contribution in [3.8, 4) is 0 Å². The van der Waals surface area contributed by atoms with E-state index in [0.717, 1.165) is 0 Å². The van der Waals surface area contributed by atoms with Gasteiger partial charge >= 0.3 is 0 Å². The van der Waals surface area contributed by atoms with Gasteiger partial charge in [0.05, 0.1) is 4.90 Å². The van der Waals surface area contributed by atoms with E-state index in [0.29, 0.717) is 16.5 Å². The first-order valence-electron chi connectivity index (χ1n) is 7.07. The van der Waals surface area contributed by atoms with Gasteiger partial charge in [-0.25, -0.2) is 12.8 Å². The van der Waals surface area contributed by atoms with Gasteiger partial charge in [-0.05, 0) is 60.7 Å². The summed E-state index contributed by atoms with van der Waals surface area (Å²) in [6.07, 6.45) is 0. The van der Waals surface area contributed by atoms with Gasteiger partial charge in [-0.1, -0.05) is 11.6 Å². The maximum Gasteiger partial charge on any atom is 0.263 e. The maximum atomic E-state index is 12.9. The van der Waals surface area contributed by atoms with Crippen LogP contribution >= 0.6 is 11.6 Å². The molecule has 0 amide bonds. The van der Waals surface area contributed by atoms with Gasteiger partial charge in [0.25, 0.3) is 10.0 Å². The molecule has 0 bridgehead atoms. The summed E-state index contributed by atoms with van der Waals surface area (Å²) in [4.78, 5) is 0.0622. The Balaban J connectivity index is 1.71. The SMILES string of the molecule is O=S(=O)(Nc1ccc(Nc2ccc(F)cc2)nn1)c1ccc(Cl)cc1. The average Bonchev–Trinajstić information content (AvgIpc) is 2.59. The highest BCUT2D eigenvalue weighted by atomic mass is 35.5. The molecule has 0 spiro atoms. The normalized spacial score (nSPS) is 11.1. The van der Waals surface area contributed by atoms with E-state index in [1.54, 1.807) is 18.2 Å². The van der Waals surface area contributed by atoms with Gasteiger partial charge < -0.3 is 5.32 Å². The molecule has 25 heavy (non-hydrogen) atoms. The Bertz CT molecular complexity index is 963. The zero-order chi connectivity index (χ0) is 17.9. The molecule has 9 heteroatoms. The quantitative estimate of drug-likeness (QED) is 0.705. The number of hydrogen-bond donors (Lipinski definition) is 2. The molecule has 1 aromatic heterocycles. The highest BCUT2D eigenvalue weighted by Gasteiger charge is 2.15. The summed E-state index contributed by atoms with van der Waals surface area (Å²) in [6.45, 7) is 0. The lowest BCUT2D eigenvalue weighted by molar-refractivity contribution is 0.601. The maximum absolute atomic E-state index is 12.9. The Morgan fingerprint density at radius 2 is 1.44 bits per heavy atom. The number of benzene rings is 2. The molecule has 0 aliphatic rings. The van der Waals surface area contributed by atoms with Crippen LogP contribution in [-0.4, -0.2) is 18.6 Å². The molecule has 3 rings (SSSR count). The number of aromatic nitrogens is 2. The predicted octanol–water partition coefficient (Wildman–Crippen LogP) is 3.81. The van der Waals surface area contributed by atoms with E-state index in [9.17, 15) is 12.8 Å². The summed E-state index contributed by atoms with van der Waals surface area (Å²) < 4.78 is 39.7. The minimum atomic E-state index is -3.78. The molecule has 0 aliphatic carbocycles. The molecule has 0 saturated carbocycles. The number of nitrogens with zero attached hydrogens (tertiary/aromatic N) is 2. The summed E-state index contributed by atoms with van der Waals surface area (Å²) in [5.41, 5.74) is 0.630. The van der Waals surface area contributed by atoms with E-state index in [1.807, 2.05) is 0 Å².